The molecule has 16 heavy (non-hydrogen) atoms. The highest BCUT2D eigenvalue weighted by atomic mass is 16.3. The van der Waals surface area contributed by atoms with Gasteiger partial charge in [-0.05, 0) is 12.1 Å². The number of carbonyl (C=O) groups is 1. The van der Waals surface area contributed by atoms with Gasteiger partial charge in [0.1, 0.15) is 6.61 Å². The van der Waals surface area contributed by atoms with Gasteiger partial charge >= 0.3 is 0 Å². The minimum Gasteiger partial charge on any atom is -0.387 e. The predicted molar refractivity (Wildman–Crippen MR) is 59.3 cm³/mol. The highest BCUT2D eigenvalue weighted by Crippen LogP contribution is 2.10. The second-order valence-electron chi connectivity index (χ2n) is 3.22. The minimum absolute atomic E-state index is 0.451. The number of nitrogens with zero attached hydrogens (tertiary/aromatic N) is 2. The lowest BCUT2D eigenvalue weighted by atomic mass is 10.3. The van der Waals surface area contributed by atoms with Gasteiger partial charge in [0, 0.05) is 0 Å². The third-order valence-electron chi connectivity index (χ3n) is 2.03. The smallest absolute Gasteiger partial charge is 0.250 e. The zero-order chi connectivity index (χ0) is 11.4. The molecular formula is C11H11N3O2. The van der Waals surface area contributed by atoms with E-state index in [9.17, 15) is 4.79 Å². The SMILES string of the molecule is O=C(CO)Nc1cnn(-c2ccccc2)c1. The Labute approximate surface area is 92.3 Å². The van der Waals surface area contributed by atoms with Gasteiger partial charge in [0.15, 0.2) is 0 Å². The van der Waals surface area contributed by atoms with Crippen LogP contribution in [0.15, 0.2) is 42.7 Å². The van der Waals surface area contributed by atoms with Crippen molar-refractivity contribution in [1.82, 2.24) is 9.78 Å². The standard InChI is InChI=1S/C11H11N3O2/c15-8-11(16)13-9-6-12-14(7-9)10-4-2-1-3-5-10/h1-7,15H,8H2,(H,13,16). The quantitative estimate of drug-likeness (QED) is 0.799. The Bertz CT molecular complexity index is 479. The lowest BCUT2D eigenvalue weighted by molar-refractivity contribution is -0.118. The second kappa shape index (κ2) is 4.59. The average molecular weight is 217 g/mol. The molecule has 5 heteroatoms. The number of benzene rings is 1. The summed E-state index contributed by atoms with van der Waals surface area (Å²) in [4.78, 5) is 10.9. The van der Waals surface area contributed by atoms with Crippen LogP contribution in [-0.2, 0) is 4.79 Å². The molecule has 1 aromatic carbocycles. The molecule has 0 aliphatic heterocycles. The van der Waals surface area contributed by atoms with Crippen LogP contribution < -0.4 is 5.32 Å². The van der Waals surface area contributed by atoms with Gasteiger partial charge in [0.25, 0.3) is 0 Å². The van der Waals surface area contributed by atoms with Gasteiger partial charge in [0.05, 0.1) is 23.8 Å². The molecule has 0 bridgehead atoms. The summed E-state index contributed by atoms with van der Waals surface area (Å²) in [5.41, 5.74) is 1.47. The molecule has 2 aromatic rings. The molecule has 2 N–H and O–H groups in total. The predicted octanol–water partition coefficient (Wildman–Crippen LogP) is 0.803. The van der Waals surface area contributed by atoms with Gasteiger partial charge in [-0.15, -0.1) is 0 Å². The Morgan fingerprint density at radius 2 is 2.12 bits per heavy atom. The monoisotopic (exact) mass is 217 g/mol. The molecule has 5 nitrogen and oxygen atoms in total. The van der Waals surface area contributed by atoms with E-state index in [2.05, 4.69) is 10.4 Å². The summed E-state index contributed by atoms with van der Waals surface area (Å²) in [5.74, 6) is -0.451. The summed E-state index contributed by atoms with van der Waals surface area (Å²) in [5, 5.41) is 15.2. The molecular weight excluding hydrogens is 206 g/mol. The maximum absolute atomic E-state index is 10.9. The molecule has 0 atom stereocenters. The maximum atomic E-state index is 10.9. The number of rotatable bonds is 3. The molecule has 1 aromatic heterocycles. The number of aliphatic hydroxyl groups excluding tert-OH is 1. The molecule has 0 fully saturated rings. The van der Waals surface area contributed by atoms with E-state index in [4.69, 9.17) is 5.11 Å². The van der Waals surface area contributed by atoms with Crippen LogP contribution in [0.25, 0.3) is 5.69 Å². The summed E-state index contributed by atoms with van der Waals surface area (Å²) in [6.45, 7) is -0.531. The summed E-state index contributed by atoms with van der Waals surface area (Å²) >= 11 is 0. The lowest BCUT2D eigenvalue weighted by Gasteiger charge is -1.99. The molecule has 0 radical (unpaired) electrons. The molecule has 0 saturated carbocycles. The molecule has 0 aliphatic carbocycles. The Kier molecular flexibility index (Phi) is 2.98. The largest absolute Gasteiger partial charge is 0.387 e. The first-order chi connectivity index (χ1) is 7.79. The molecule has 82 valence electrons. The van der Waals surface area contributed by atoms with Crippen molar-refractivity contribution in [3.05, 3.63) is 42.7 Å². The second-order valence-corrected chi connectivity index (χ2v) is 3.22. The summed E-state index contributed by atoms with van der Waals surface area (Å²) in [6.07, 6.45) is 3.21. The molecule has 1 amide bonds. The molecule has 0 saturated heterocycles. The van der Waals surface area contributed by atoms with Crippen molar-refractivity contribution in [1.29, 1.82) is 0 Å². The van der Waals surface area contributed by atoms with Crippen LogP contribution in [-0.4, -0.2) is 27.4 Å². The highest BCUT2D eigenvalue weighted by molar-refractivity contribution is 5.91. The van der Waals surface area contributed by atoms with Gasteiger partial charge in [-0.1, -0.05) is 18.2 Å². The van der Waals surface area contributed by atoms with Crippen LogP contribution in [0, 0.1) is 0 Å². The highest BCUT2D eigenvalue weighted by Gasteiger charge is 2.03. The van der Waals surface area contributed by atoms with E-state index in [1.807, 2.05) is 30.3 Å². The third-order valence-corrected chi connectivity index (χ3v) is 2.03. The van der Waals surface area contributed by atoms with Gasteiger partial charge in [-0.3, -0.25) is 4.79 Å². The lowest BCUT2D eigenvalue weighted by Crippen LogP contribution is -2.14. The fraction of sp³-hybridized carbons (Fsp3) is 0.0909. The van der Waals surface area contributed by atoms with Crippen molar-refractivity contribution >= 4 is 11.6 Å². The van der Waals surface area contributed by atoms with Crippen LogP contribution in [0.1, 0.15) is 0 Å². The number of amides is 1. The van der Waals surface area contributed by atoms with E-state index in [0.717, 1.165) is 5.69 Å². The van der Waals surface area contributed by atoms with Gasteiger partial charge in [-0.25, -0.2) is 4.68 Å². The summed E-state index contributed by atoms with van der Waals surface area (Å²) in [6, 6.07) is 9.54. The Balaban J connectivity index is 2.17. The fourth-order valence-corrected chi connectivity index (χ4v) is 1.31. The normalized spacial score (nSPS) is 10.1. The van der Waals surface area contributed by atoms with E-state index in [1.54, 1.807) is 10.9 Å². The first-order valence-corrected chi connectivity index (χ1v) is 4.80. The van der Waals surface area contributed by atoms with Crippen LogP contribution in [0.2, 0.25) is 0 Å². The van der Waals surface area contributed by atoms with Crippen molar-refractivity contribution in [2.75, 3.05) is 11.9 Å². The number of aliphatic hydroxyl groups is 1. The van der Waals surface area contributed by atoms with E-state index in [-0.39, 0.29) is 0 Å². The number of hydrogen-bond acceptors (Lipinski definition) is 3. The third kappa shape index (κ3) is 2.26. The zero-order valence-corrected chi connectivity index (χ0v) is 8.50. The molecule has 0 spiro atoms. The van der Waals surface area contributed by atoms with Crippen molar-refractivity contribution in [2.45, 2.75) is 0 Å². The van der Waals surface area contributed by atoms with Crippen LogP contribution in [0.5, 0.6) is 0 Å². The average Bonchev–Trinajstić information content (AvgIpc) is 2.78. The summed E-state index contributed by atoms with van der Waals surface area (Å²) < 4.78 is 1.65. The van der Waals surface area contributed by atoms with Gasteiger partial charge in [-0.2, -0.15) is 5.10 Å². The Morgan fingerprint density at radius 3 is 2.81 bits per heavy atom. The minimum atomic E-state index is -0.531. The van der Waals surface area contributed by atoms with E-state index < -0.39 is 12.5 Å². The number of carbonyl (C=O) groups excluding carboxylic acids is 1. The number of nitrogens with one attached hydrogen (secondary N) is 1. The van der Waals surface area contributed by atoms with E-state index in [0.29, 0.717) is 5.69 Å². The fourth-order valence-electron chi connectivity index (χ4n) is 1.31. The van der Waals surface area contributed by atoms with Gasteiger partial charge in [0.2, 0.25) is 5.91 Å². The topological polar surface area (TPSA) is 67.2 Å². The molecule has 0 aliphatic rings. The Hall–Kier alpha value is -2.14. The van der Waals surface area contributed by atoms with Crippen molar-refractivity contribution in [2.24, 2.45) is 0 Å². The summed E-state index contributed by atoms with van der Waals surface area (Å²) in [7, 11) is 0. The molecule has 2 rings (SSSR count). The number of aromatic nitrogens is 2. The van der Waals surface area contributed by atoms with Crippen molar-refractivity contribution in [3.8, 4) is 5.69 Å². The van der Waals surface area contributed by atoms with Gasteiger partial charge < -0.3 is 10.4 Å². The Morgan fingerprint density at radius 1 is 1.38 bits per heavy atom. The first kappa shape index (κ1) is 10.4. The molecule has 1 heterocycles. The number of anilines is 1. The van der Waals surface area contributed by atoms with Crippen LogP contribution >= 0.6 is 0 Å². The first-order valence-electron chi connectivity index (χ1n) is 4.80. The molecule has 0 unspecified atom stereocenters. The zero-order valence-electron chi connectivity index (χ0n) is 8.50. The van der Waals surface area contributed by atoms with Crippen molar-refractivity contribution in [3.63, 3.8) is 0 Å². The maximum Gasteiger partial charge on any atom is 0.250 e. The number of para-hydroxylation sites is 1. The van der Waals surface area contributed by atoms with Crippen molar-refractivity contribution < 1.29 is 9.90 Å². The van der Waals surface area contributed by atoms with E-state index >= 15 is 0 Å². The number of hydrogen-bond donors (Lipinski definition) is 2. The van der Waals surface area contributed by atoms with Crippen LogP contribution in [0.3, 0.4) is 0 Å². The van der Waals surface area contributed by atoms with E-state index in [1.165, 1.54) is 6.20 Å². The van der Waals surface area contributed by atoms with Crippen LogP contribution in [0.4, 0.5) is 5.69 Å².